The van der Waals surface area contributed by atoms with Gasteiger partial charge in [-0.3, -0.25) is 4.79 Å². The second-order valence-corrected chi connectivity index (χ2v) is 8.75. The molecule has 35 heavy (non-hydrogen) atoms. The van der Waals surface area contributed by atoms with E-state index in [0.29, 0.717) is 54.5 Å². The lowest BCUT2D eigenvalue weighted by Crippen LogP contribution is -2.36. The zero-order valence-electron chi connectivity index (χ0n) is 19.1. The molecule has 0 aliphatic carbocycles. The summed E-state index contributed by atoms with van der Waals surface area (Å²) in [7, 11) is 0. The monoisotopic (exact) mass is 491 g/mol. The van der Waals surface area contributed by atoms with Crippen LogP contribution in [-0.2, 0) is 0 Å². The van der Waals surface area contributed by atoms with Crippen LogP contribution in [0.25, 0.3) is 16.8 Å². The number of carbonyl (C=O) groups excluding carboxylic acids is 1. The minimum atomic E-state index is -0.490. The molecule has 0 spiro atoms. The Kier molecular flexibility index (Phi) is 6.41. The highest BCUT2D eigenvalue weighted by molar-refractivity contribution is 6.31. The van der Waals surface area contributed by atoms with E-state index in [4.69, 9.17) is 11.6 Å². The van der Waals surface area contributed by atoms with Crippen LogP contribution in [0.15, 0.2) is 61.2 Å². The van der Waals surface area contributed by atoms with Crippen molar-refractivity contribution >= 4 is 23.5 Å². The highest BCUT2D eigenvalue weighted by atomic mass is 35.5. The Morgan fingerprint density at radius 2 is 1.77 bits per heavy atom. The predicted molar refractivity (Wildman–Crippen MR) is 131 cm³/mol. The van der Waals surface area contributed by atoms with Gasteiger partial charge in [0.2, 0.25) is 5.95 Å². The maximum atomic E-state index is 14.4. The molecule has 0 bridgehead atoms. The summed E-state index contributed by atoms with van der Waals surface area (Å²) in [5.74, 6) is -0.00621. The Morgan fingerprint density at radius 1 is 1.00 bits per heavy atom. The number of aryl methyl sites for hydroxylation is 1. The molecule has 1 aliphatic heterocycles. The summed E-state index contributed by atoms with van der Waals surface area (Å²) in [6.07, 6.45) is 7.14. The molecule has 3 heterocycles. The van der Waals surface area contributed by atoms with E-state index in [0.717, 1.165) is 12.0 Å². The number of nitrogens with zero attached hydrogens (tertiary/aromatic N) is 7. The lowest BCUT2D eigenvalue weighted by molar-refractivity contribution is 0.0766. The van der Waals surface area contributed by atoms with Crippen LogP contribution in [0.2, 0.25) is 5.02 Å². The number of hydrogen-bond acceptors (Lipinski definition) is 6. The molecule has 0 N–H and O–H groups in total. The topological polar surface area (TPSA) is 80.0 Å². The van der Waals surface area contributed by atoms with Gasteiger partial charge in [0.25, 0.3) is 5.91 Å². The van der Waals surface area contributed by atoms with E-state index < -0.39 is 5.82 Å². The molecule has 10 heteroatoms. The van der Waals surface area contributed by atoms with Crippen LogP contribution in [0.1, 0.15) is 22.3 Å². The second-order valence-electron chi connectivity index (χ2n) is 8.35. The van der Waals surface area contributed by atoms with Gasteiger partial charge in [-0.2, -0.15) is 15.0 Å². The highest BCUT2D eigenvalue weighted by Gasteiger charge is 2.24. The van der Waals surface area contributed by atoms with Crippen LogP contribution >= 0.6 is 11.6 Å². The molecule has 1 fully saturated rings. The van der Waals surface area contributed by atoms with E-state index in [1.807, 2.05) is 34.9 Å². The molecule has 0 unspecified atom stereocenters. The summed E-state index contributed by atoms with van der Waals surface area (Å²) in [6, 6.07) is 10.5. The maximum absolute atomic E-state index is 14.4. The van der Waals surface area contributed by atoms with E-state index in [9.17, 15) is 9.18 Å². The molecule has 2 aromatic heterocycles. The molecule has 178 valence electrons. The SMILES string of the molecule is Cc1ccc(-n2nccn2)c(C(=O)N2CCCN(c3ncc(-c4cccc(Cl)c4F)cn3)CC2)c1. The van der Waals surface area contributed by atoms with Crippen LogP contribution in [0.4, 0.5) is 10.3 Å². The lowest BCUT2D eigenvalue weighted by atomic mass is 10.1. The van der Waals surface area contributed by atoms with Gasteiger partial charge in [-0.05, 0) is 31.5 Å². The summed E-state index contributed by atoms with van der Waals surface area (Å²) in [6.45, 7) is 4.37. The van der Waals surface area contributed by atoms with Gasteiger partial charge in [-0.15, -0.1) is 0 Å². The molecule has 0 saturated carbocycles. The van der Waals surface area contributed by atoms with Gasteiger partial charge in [0.15, 0.2) is 0 Å². The van der Waals surface area contributed by atoms with Crippen LogP contribution in [0, 0.1) is 12.7 Å². The normalized spacial score (nSPS) is 14.1. The molecular formula is C25H23ClFN7O. The van der Waals surface area contributed by atoms with Gasteiger partial charge in [0.05, 0.1) is 28.7 Å². The number of anilines is 1. The number of halogens is 2. The Bertz CT molecular complexity index is 1340. The fraction of sp³-hybridized carbons (Fsp3) is 0.240. The molecule has 5 rings (SSSR count). The molecule has 2 aromatic carbocycles. The minimum Gasteiger partial charge on any atom is -0.339 e. The first kappa shape index (κ1) is 22.9. The molecule has 1 saturated heterocycles. The Hall–Kier alpha value is -3.85. The predicted octanol–water partition coefficient (Wildman–Crippen LogP) is 4.18. The van der Waals surface area contributed by atoms with Gasteiger partial charge < -0.3 is 9.80 Å². The largest absolute Gasteiger partial charge is 0.339 e. The van der Waals surface area contributed by atoms with Gasteiger partial charge >= 0.3 is 0 Å². The summed E-state index contributed by atoms with van der Waals surface area (Å²) in [5, 5.41) is 8.45. The first-order valence-electron chi connectivity index (χ1n) is 11.3. The minimum absolute atomic E-state index is 0.0592. The third-order valence-corrected chi connectivity index (χ3v) is 6.28. The third kappa shape index (κ3) is 4.72. The molecule has 1 amide bonds. The maximum Gasteiger partial charge on any atom is 0.256 e. The zero-order valence-corrected chi connectivity index (χ0v) is 19.9. The number of rotatable bonds is 4. The summed E-state index contributed by atoms with van der Waals surface area (Å²) < 4.78 is 14.4. The van der Waals surface area contributed by atoms with Crippen molar-refractivity contribution in [1.29, 1.82) is 0 Å². The van der Waals surface area contributed by atoms with E-state index >= 15 is 0 Å². The molecule has 4 aromatic rings. The molecule has 8 nitrogen and oxygen atoms in total. The van der Waals surface area contributed by atoms with E-state index in [2.05, 4.69) is 20.2 Å². The van der Waals surface area contributed by atoms with E-state index in [-0.39, 0.29) is 10.9 Å². The molecule has 0 atom stereocenters. The Balaban J connectivity index is 1.32. The van der Waals surface area contributed by atoms with Gasteiger partial charge in [0.1, 0.15) is 5.82 Å². The highest BCUT2D eigenvalue weighted by Crippen LogP contribution is 2.27. The first-order valence-corrected chi connectivity index (χ1v) is 11.7. The Morgan fingerprint density at radius 3 is 2.54 bits per heavy atom. The summed E-state index contributed by atoms with van der Waals surface area (Å²) in [5.41, 5.74) is 3.12. The van der Waals surface area contributed by atoms with E-state index in [1.54, 1.807) is 36.9 Å². The van der Waals surface area contributed by atoms with Gasteiger partial charge in [-0.25, -0.2) is 14.4 Å². The summed E-state index contributed by atoms with van der Waals surface area (Å²) >= 11 is 5.90. The van der Waals surface area contributed by atoms with Crippen molar-refractivity contribution in [3.63, 3.8) is 0 Å². The third-order valence-electron chi connectivity index (χ3n) is 5.98. The van der Waals surface area contributed by atoms with Crippen molar-refractivity contribution in [2.45, 2.75) is 13.3 Å². The lowest BCUT2D eigenvalue weighted by Gasteiger charge is -2.23. The molecule has 0 radical (unpaired) electrons. The second kappa shape index (κ2) is 9.79. The van der Waals surface area contributed by atoms with Crippen molar-refractivity contribution in [2.24, 2.45) is 0 Å². The fourth-order valence-electron chi connectivity index (χ4n) is 4.18. The first-order chi connectivity index (χ1) is 17.0. The van der Waals surface area contributed by atoms with E-state index in [1.165, 1.54) is 10.9 Å². The fourth-order valence-corrected chi connectivity index (χ4v) is 4.35. The van der Waals surface area contributed by atoms with Crippen LogP contribution in [-0.4, -0.2) is 61.9 Å². The Labute approximate surface area is 207 Å². The van der Waals surface area contributed by atoms with Crippen LogP contribution in [0.3, 0.4) is 0 Å². The van der Waals surface area contributed by atoms with Crippen molar-refractivity contribution in [3.8, 4) is 16.8 Å². The average molecular weight is 492 g/mol. The zero-order chi connectivity index (χ0) is 24.4. The van der Waals surface area contributed by atoms with Crippen molar-refractivity contribution < 1.29 is 9.18 Å². The van der Waals surface area contributed by atoms with Crippen LogP contribution < -0.4 is 4.90 Å². The van der Waals surface area contributed by atoms with Gasteiger partial charge in [0, 0.05) is 49.7 Å². The standard InChI is InChI=1S/C25H23ClFN7O/c1-17-6-7-22(34-30-8-9-31-34)20(14-17)24(35)32-10-3-11-33(13-12-32)25-28-15-18(16-29-25)19-4-2-5-21(26)23(19)27/h2,4-9,14-16H,3,10-13H2,1H3. The number of benzene rings is 2. The van der Waals surface area contributed by atoms with Crippen molar-refractivity contribution in [3.05, 3.63) is 83.2 Å². The van der Waals surface area contributed by atoms with Crippen molar-refractivity contribution in [1.82, 2.24) is 29.9 Å². The summed E-state index contributed by atoms with van der Waals surface area (Å²) in [4.78, 5) is 27.8. The molecular weight excluding hydrogens is 469 g/mol. The smallest absolute Gasteiger partial charge is 0.256 e. The van der Waals surface area contributed by atoms with Gasteiger partial charge in [-0.1, -0.05) is 35.4 Å². The quantitative estimate of drug-likeness (QED) is 0.426. The molecule has 1 aliphatic rings. The number of amides is 1. The number of carbonyl (C=O) groups is 1. The number of hydrogen-bond donors (Lipinski definition) is 0. The average Bonchev–Trinajstić information content (AvgIpc) is 3.29. The number of aromatic nitrogens is 5. The van der Waals surface area contributed by atoms with Crippen molar-refractivity contribution in [2.75, 3.05) is 31.1 Å². The van der Waals surface area contributed by atoms with Crippen LogP contribution in [0.5, 0.6) is 0 Å².